The van der Waals surface area contributed by atoms with Crippen LogP contribution in [-0.4, -0.2) is 273 Å². The maximum atomic E-state index is 12.6. The van der Waals surface area contributed by atoms with Crippen molar-refractivity contribution in [2.45, 2.75) is 183 Å². The second-order valence-corrected chi connectivity index (χ2v) is 18.1. The van der Waals surface area contributed by atoms with Gasteiger partial charge < -0.3 is 152 Å². The van der Waals surface area contributed by atoms with Gasteiger partial charge in [0.2, 0.25) is 23.6 Å². The van der Waals surface area contributed by atoms with Crippen molar-refractivity contribution in [3.05, 3.63) is 34.4 Å². The fourth-order valence-electron chi connectivity index (χ4n) is 8.11. The fourth-order valence-corrected chi connectivity index (χ4v) is 8.11. The first-order chi connectivity index (χ1) is 36.5. The minimum Gasteiger partial charge on any atom is -0.508 e. The van der Waals surface area contributed by atoms with Gasteiger partial charge >= 0.3 is 0 Å². The van der Waals surface area contributed by atoms with Gasteiger partial charge in [0.1, 0.15) is 120 Å². The van der Waals surface area contributed by atoms with E-state index in [1.54, 1.807) is 0 Å². The second kappa shape index (κ2) is 31.4. The molecule has 450 valence electrons. The topological polar surface area (TPSA) is 560 Å². The molecule has 3 heterocycles. The molecule has 20 unspecified atom stereocenters. The number of hydrogen-bond donors (Lipinski definition) is 22. The molecule has 3 aliphatic heterocycles. The van der Waals surface area contributed by atoms with E-state index in [0.717, 1.165) is 27.7 Å². The summed E-state index contributed by atoms with van der Waals surface area (Å²) in [6.45, 7) is 0.857. The molecule has 78 heavy (non-hydrogen) atoms. The molecule has 34 nitrogen and oxygen atoms in total. The zero-order valence-corrected chi connectivity index (χ0v) is 42.9. The third-order valence-corrected chi connectivity index (χ3v) is 12.0. The Balaban J connectivity index is 2.03. The van der Waals surface area contributed by atoms with E-state index in [-0.39, 0.29) is 0 Å². The Morgan fingerprint density at radius 1 is 0.551 bits per heavy atom. The summed E-state index contributed by atoms with van der Waals surface area (Å²) in [6.07, 6.45) is -38.6. The van der Waals surface area contributed by atoms with Gasteiger partial charge in [-0.2, -0.15) is 0 Å². The van der Waals surface area contributed by atoms with Crippen molar-refractivity contribution in [1.29, 1.82) is 0 Å². The fraction of sp³-hybridized carbons (Fsp3) is 0.773. The number of aliphatic hydroxyl groups excluding tert-OH is 17. The molecule has 0 aliphatic carbocycles. The summed E-state index contributed by atoms with van der Waals surface area (Å²) in [5.74, 6) is -7.12. The summed E-state index contributed by atoms with van der Waals surface area (Å²) < 4.78 is 44.8. The molecule has 0 radical (unpaired) electrons. The number of aliphatic hydroxyl groups is 17. The molecule has 23 N–H and O–H groups in total. The lowest BCUT2D eigenvalue weighted by Crippen LogP contribution is -2.66. The Morgan fingerprint density at radius 3 is 1.54 bits per heavy atom. The SMILES string of the molecule is CC(=O)N/C(=C(\O)C(CCO)OC(O)/C(N)=C(/O)C(O)CCO)C(O)OC1C(CO)OC(O[C@H](CCO)/C(O)=C(/NC(C)=O)C(O)OC2C(COC3OC(C)C(O)C(O)C3O)OC(O)C(NC(C)=O)C2O)C(NC(C)=O)C1O. The third kappa shape index (κ3) is 18.2. The van der Waals surface area contributed by atoms with Crippen molar-refractivity contribution in [2.24, 2.45) is 5.73 Å². The molecule has 0 aromatic rings. The van der Waals surface area contributed by atoms with Crippen LogP contribution in [0.25, 0.3) is 0 Å². The van der Waals surface area contributed by atoms with Gasteiger partial charge in [-0.15, -0.1) is 0 Å². The van der Waals surface area contributed by atoms with E-state index < -0.39 is 239 Å². The number of rotatable bonds is 28. The normalized spacial score (nSPS) is 32.9. The Kier molecular flexibility index (Phi) is 27.3. The van der Waals surface area contributed by atoms with Gasteiger partial charge in [0.25, 0.3) is 0 Å². The van der Waals surface area contributed by atoms with Crippen LogP contribution in [0.2, 0.25) is 0 Å². The van der Waals surface area contributed by atoms with Crippen LogP contribution in [-0.2, 0) is 57.1 Å². The van der Waals surface area contributed by atoms with Crippen molar-refractivity contribution in [1.82, 2.24) is 21.3 Å². The molecule has 4 amide bonds. The highest BCUT2D eigenvalue weighted by molar-refractivity contribution is 5.76. The molecule has 21 atom stereocenters. The summed E-state index contributed by atoms with van der Waals surface area (Å²) in [5.41, 5.74) is 2.80. The lowest BCUT2D eigenvalue weighted by molar-refractivity contribution is -0.321. The minimum absolute atomic E-state index is 0.433. The van der Waals surface area contributed by atoms with Crippen LogP contribution in [0.15, 0.2) is 34.4 Å². The molecule has 3 saturated heterocycles. The molecule has 0 saturated carbocycles. The smallest absolute Gasteiger partial charge is 0.221 e. The number of nitrogens with one attached hydrogen (secondary N) is 4. The standard InChI is InChI=1S/C44H75N5O29/c1-14-29(59)35(65)36(66)44(72-14)71-13-23-38(33(63)27(40(68)74-23)48-17(4)56)78-42(70)26(47-16(3)55)32(62)21(8-11-52)75-43-28(49-18(5)57)34(64)37(22(12-53)76-43)77-41(69)25(46-15(2)54)31(61)20(7-10-51)73-39(67)24(45)30(60)19(58)6-9-50/h14,19-23,27-29,33-44,50-53,58-70H,6-13,45H2,1-5H3,(H,46,54)(H,47,55)(H,48,56)(H,49,57)/b30-24-,31-25-,32-26-/t14?,19?,20?,21-,22?,23?,27?,28?,29?,33?,34?,35?,36?,37?,38?,39?,40?,41?,42?,43?,44?/m1/s1. The van der Waals surface area contributed by atoms with Crippen molar-refractivity contribution < 1.29 is 144 Å². The number of carbonyl (C=O) groups excluding carboxylic acids is 4. The Bertz CT molecular complexity index is 2050. The number of carbonyl (C=O) groups is 4. The molecule has 3 aliphatic rings. The third-order valence-electron chi connectivity index (χ3n) is 12.0. The van der Waals surface area contributed by atoms with E-state index in [9.17, 15) is 101 Å². The van der Waals surface area contributed by atoms with Crippen LogP contribution in [0.1, 0.15) is 53.9 Å². The number of hydrogen-bond acceptors (Lipinski definition) is 30. The van der Waals surface area contributed by atoms with Crippen molar-refractivity contribution in [3.63, 3.8) is 0 Å². The highest BCUT2D eigenvalue weighted by Gasteiger charge is 2.51. The summed E-state index contributed by atoms with van der Waals surface area (Å²) >= 11 is 0. The van der Waals surface area contributed by atoms with E-state index in [1.807, 2.05) is 0 Å². The lowest BCUT2D eigenvalue weighted by Gasteiger charge is -2.45. The molecule has 0 aromatic carbocycles. The summed E-state index contributed by atoms with van der Waals surface area (Å²) in [4.78, 5) is 49.6. The van der Waals surface area contributed by atoms with E-state index in [0.29, 0.717) is 0 Å². The monoisotopic (exact) mass is 1140 g/mol. The summed E-state index contributed by atoms with van der Waals surface area (Å²) in [5, 5.41) is 190. The van der Waals surface area contributed by atoms with Crippen LogP contribution < -0.4 is 27.0 Å². The van der Waals surface area contributed by atoms with Crippen molar-refractivity contribution in [2.75, 3.05) is 33.0 Å². The Morgan fingerprint density at radius 2 is 1.04 bits per heavy atom. The zero-order valence-electron chi connectivity index (χ0n) is 42.9. The maximum Gasteiger partial charge on any atom is 0.221 e. The second-order valence-electron chi connectivity index (χ2n) is 18.1. The molecule has 0 spiro atoms. The van der Waals surface area contributed by atoms with Gasteiger partial charge in [0.05, 0.1) is 19.3 Å². The van der Waals surface area contributed by atoms with Gasteiger partial charge in [-0.3, -0.25) is 19.2 Å². The average Bonchev–Trinajstić information content (AvgIpc) is 3.37. The van der Waals surface area contributed by atoms with Crippen LogP contribution >= 0.6 is 0 Å². The molecule has 0 aromatic heterocycles. The first-order valence-corrected chi connectivity index (χ1v) is 24.1. The molecular formula is C44H75N5O29. The van der Waals surface area contributed by atoms with E-state index in [4.69, 9.17) is 48.7 Å². The zero-order chi connectivity index (χ0) is 59.0. The summed E-state index contributed by atoms with van der Waals surface area (Å²) in [6, 6.07) is -3.57. The van der Waals surface area contributed by atoms with E-state index in [1.165, 1.54) is 6.92 Å². The predicted octanol–water partition coefficient (Wildman–Crippen LogP) is -9.46. The minimum atomic E-state index is -2.58. The predicted molar refractivity (Wildman–Crippen MR) is 252 cm³/mol. The molecule has 0 bridgehead atoms. The first-order valence-electron chi connectivity index (χ1n) is 24.1. The highest BCUT2D eigenvalue weighted by atomic mass is 16.7. The van der Waals surface area contributed by atoms with Crippen molar-refractivity contribution in [3.8, 4) is 0 Å². The first kappa shape index (κ1) is 67.7. The quantitative estimate of drug-likeness (QED) is 0.0255. The molecule has 34 heteroatoms. The van der Waals surface area contributed by atoms with Gasteiger partial charge in [0, 0.05) is 66.8 Å². The molecular weight excluding hydrogens is 1060 g/mol. The maximum absolute atomic E-state index is 12.6. The van der Waals surface area contributed by atoms with E-state index >= 15 is 0 Å². The molecule has 3 rings (SSSR count). The summed E-state index contributed by atoms with van der Waals surface area (Å²) in [7, 11) is 0. The van der Waals surface area contributed by atoms with Gasteiger partial charge in [0.15, 0.2) is 37.7 Å². The molecule has 3 fully saturated rings. The highest BCUT2D eigenvalue weighted by Crippen LogP contribution is 2.32. The van der Waals surface area contributed by atoms with Gasteiger partial charge in [-0.05, 0) is 6.92 Å². The van der Waals surface area contributed by atoms with Crippen LogP contribution in [0.3, 0.4) is 0 Å². The lowest BCUT2D eigenvalue weighted by atomic mass is 9.96. The van der Waals surface area contributed by atoms with Gasteiger partial charge in [-0.1, -0.05) is 0 Å². The van der Waals surface area contributed by atoms with Crippen LogP contribution in [0.4, 0.5) is 0 Å². The van der Waals surface area contributed by atoms with Gasteiger partial charge in [-0.25, -0.2) is 0 Å². The Labute approximate surface area is 444 Å². The van der Waals surface area contributed by atoms with Crippen LogP contribution in [0, 0.1) is 0 Å². The van der Waals surface area contributed by atoms with E-state index in [2.05, 4.69) is 21.3 Å². The number of ether oxygens (including phenoxy) is 8. The van der Waals surface area contributed by atoms with Crippen LogP contribution in [0.5, 0.6) is 0 Å². The average molecular weight is 1140 g/mol. The Hall–Kier alpha value is -4.58. The van der Waals surface area contributed by atoms with Crippen molar-refractivity contribution >= 4 is 23.6 Å². The largest absolute Gasteiger partial charge is 0.508 e. The number of amides is 4. The number of nitrogens with two attached hydrogens (primary N) is 1.